The molecule has 0 unspecified atom stereocenters. The van der Waals surface area contributed by atoms with Gasteiger partial charge >= 0.3 is 5.97 Å². The maximum atomic E-state index is 9.99. The molecular weight excluding hydrogens is 198 g/mol. The van der Waals surface area contributed by atoms with Gasteiger partial charge in [0.2, 0.25) is 0 Å². The van der Waals surface area contributed by atoms with Crippen LogP contribution >= 0.6 is 0 Å². The van der Waals surface area contributed by atoms with Crippen molar-refractivity contribution in [3.8, 4) is 0 Å². The van der Waals surface area contributed by atoms with Gasteiger partial charge in [-0.3, -0.25) is 4.79 Å². The Morgan fingerprint density at radius 1 is 1.20 bits per heavy atom. The molecule has 0 spiro atoms. The lowest BCUT2D eigenvalue weighted by Crippen LogP contribution is -2.15. The summed E-state index contributed by atoms with van der Waals surface area (Å²) in [6.45, 7) is 8.61. The smallest absolute Gasteiger partial charge is 0.321 e. The maximum absolute atomic E-state index is 9.99. The molecule has 15 heavy (non-hydrogen) atoms. The summed E-state index contributed by atoms with van der Waals surface area (Å²) in [5, 5.41) is 1.35. The Balaban J connectivity index is 0. The van der Waals surface area contributed by atoms with Crippen LogP contribution < -0.4 is 0 Å². The molecule has 0 fully saturated rings. The number of hydrogen-bond donors (Lipinski definition) is 0. The van der Waals surface area contributed by atoms with Crippen molar-refractivity contribution in [2.75, 3.05) is 27.3 Å². The minimum atomic E-state index is -0.287. The fraction of sp³-hybridized carbons (Fsp3) is 0.900. The zero-order chi connectivity index (χ0) is 12.3. The predicted octanol–water partition coefficient (Wildman–Crippen LogP) is 1.43. The third kappa shape index (κ3) is 19.7. The van der Waals surface area contributed by atoms with Gasteiger partial charge in [0.15, 0.2) is 6.29 Å². The highest BCUT2D eigenvalue weighted by molar-refractivity contribution is 5.65. The SMILES string of the molecule is CC(=O)ON(C)C.CCOC(C)OCC. The Morgan fingerprint density at radius 2 is 1.60 bits per heavy atom. The molecule has 0 aliphatic carbocycles. The third-order valence-corrected chi connectivity index (χ3v) is 1.11. The van der Waals surface area contributed by atoms with Gasteiger partial charge in [0.1, 0.15) is 0 Å². The molecule has 92 valence electrons. The first-order chi connectivity index (χ1) is 6.93. The minimum Gasteiger partial charge on any atom is -0.369 e. The molecule has 0 heterocycles. The van der Waals surface area contributed by atoms with E-state index in [0.29, 0.717) is 0 Å². The number of ether oxygens (including phenoxy) is 2. The van der Waals surface area contributed by atoms with Crippen LogP contribution in [0.1, 0.15) is 27.7 Å². The summed E-state index contributed by atoms with van der Waals surface area (Å²) < 4.78 is 10.1. The van der Waals surface area contributed by atoms with E-state index in [2.05, 4.69) is 4.84 Å². The standard InChI is InChI=1S/C6H14O2.C4H9NO2/c1-4-7-6(3)8-5-2;1-4(6)7-5(2)3/h6H,4-5H2,1-3H3;1-3H3. The number of carbonyl (C=O) groups excluding carboxylic acids is 1. The molecule has 5 nitrogen and oxygen atoms in total. The Bertz CT molecular complexity index is 144. The molecule has 0 aliphatic heterocycles. The first kappa shape index (κ1) is 16.8. The summed E-state index contributed by atoms with van der Waals surface area (Å²) in [6, 6.07) is 0. The van der Waals surface area contributed by atoms with E-state index in [4.69, 9.17) is 9.47 Å². The van der Waals surface area contributed by atoms with E-state index in [1.807, 2.05) is 20.8 Å². The average Bonchev–Trinajstić information content (AvgIpc) is 2.03. The Labute approximate surface area is 92.2 Å². The number of carbonyl (C=O) groups is 1. The molecule has 0 rings (SSSR count). The van der Waals surface area contributed by atoms with Crippen LogP contribution in [-0.4, -0.2) is 44.6 Å². The summed E-state index contributed by atoms with van der Waals surface area (Å²) in [6.07, 6.45) is -0.0370. The minimum absolute atomic E-state index is 0.0370. The van der Waals surface area contributed by atoms with Crippen molar-refractivity contribution in [1.82, 2.24) is 5.06 Å². The molecule has 0 amide bonds. The van der Waals surface area contributed by atoms with Crippen LogP contribution in [0.25, 0.3) is 0 Å². The van der Waals surface area contributed by atoms with Crippen LogP contribution in [0.2, 0.25) is 0 Å². The van der Waals surface area contributed by atoms with Crippen molar-refractivity contribution in [3.63, 3.8) is 0 Å². The second-order valence-electron chi connectivity index (χ2n) is 2.87. The van der Waals surface area contributed by atoms with Crippen LogP contribution in [0.15, 0.2) is 0 Å². The summed E-state index contributed by atoms with van der Waals surface area (Å²) >= 11 is 0. The number of hydrogen-bond acceptors (Lipinski definition) is 5. The normalized spacial score (nSPS) is 9.87. The van der Waals surface area contributed by atoms with Crippen LogP contribution in [0, 0.1) is 0 Å². The Kier molecular flexibility index (Phi) is 12.8. The van der Waals surface area contributed by atoms with Crippen LogP contribution in [-0.2, 0) is 19.1 Å². The van der Waals surface area contributed by atoms with E-state index in [0.717, 1.165) is 13.2 Å². The van der Waals surface area contributed by atoms with Crippen LogP contribution in [0.5, 0.6) is 0 Å². The van der Waals surface area contributed by atoms with Gasteiger partial charge in [-0.1, -0.05) is 0 Å². The van der Waals surface area contributed by atoms with E-state index in [1.165, 1.54) is 12.0 Å². The largest absolute Gasteiger partial charge is 0.369 e. The second kappa shape index (κ2) is 11.4. The quantitative estimate of drug-likeness (QED) is 0.519. The first-order valence-corrected chi connectivity index (χ1v) is 5.03. The second-order valence-corrected chi connectivity index (χ2v) is 2.87. The third-order valence-electron chi connectivity index (χ3n) is 1.11. The molecule has 0 aromatic carbocycles. The van der Waals surface area contributed by atoms with Crippen LogP contribution in [0.4, 0.5) is 0 Å². The van der Waals surface area contributed by atoms with Gasteiger partial charge in [0.25, 0.3) is 0 Å². The van der Waals surface area contributed by atoms with Crippen molar-refractivity contribution in [1.29, 1.82) is 0 Å². The van der Waals surface area contributed by atoms with E-state index < -0.39 is 0 Å². The molecule has 0 saturated carbocycles. The van der Waals surface area contributed by atoms with Gasteiger partial charge in [0, 0.05) is 34.2 Å². The van der Waals surface area contributed by atoms with E-state index in [-0.39, 0.29) is 12.3 Å². The molecule has 0 aromatic rings. The highest BCUT2D eigenvalue weighted by Gasteiger charge is 1.94. The molecule has 0 atom stereocenters. The zero-order valence-corrected chi connectivity index (χ0v) is 10.6. The van der Waals surface area contributed by atoms with Gasteiger partial charge in [-0.05, 0) is 20.8 Å². The summed E-state index contributed by atoms with van der Waals surface area (Å²) in [7, 11) is 3.31. The predicted molar refractivity (Wildman–Crippen MR) is 58.2 cm³/mol. The summed E-state index contributed by atoms with van der Waals surface area (Å²) in [4.78, 5) is 14.4. The maximum Gasteiger partial charge on any atom is 0.321 e. The fourth-order valence-corrected chi connectivity index (χ4v) is 0.775. The summed E-state index contributed by atoms with van der Waals surface area (Å²) in [5.74, 6) is -0.287. The average molecular weight is 221 g/mol. The molecule has 0 aliphatic rings. The number of rotatable bonds is 5. The van der Waals surface area contributed by atoms with Crippen molar-refractivity contribution < 1.29 is 19.1 Å². The molecule has 0 saturated heterocycles. The highest BCUT2D eigenvalue weighted by atomic mass is 16.7. The number of nitrogens with zero attached hydrogens (tertiary/aromatic N) is 1. The lowest BCUT2D eigenvalue weighted by molar-refractivity contribution is -0.175. The van der Waals surface area contributed by atoms with Crippen molar-refractivity contribution in [2.24, 2.45) is 0 Å². The molecule has 0 bridgehead atoms. The molecule has 0 N–H and O–H groups in total. The lowest BCUT2D eigenvalue weighted by atomic mass is 10.7. The van der Waals surface area contributed by atoms with Gasteiger partial charge in [-0.25, -0.2) is 0 Å². The molecule has 0 radical (unpaired) electrons. The Morgan fingerprint density at radius 3 is 1.73 bits per heavy atom. The van der Waals surface area contributed by atoms with Gasteiger partial charge < -0.3 is 14.3 Å². The van der Waals surface area contributed by atoms with E-state index in [9.17, 15) is 4.79 Å². The first-order valence-electron chi connectivity index (χ1n) is 5.03. The fourth-order valence-electron chi connectivity index (χ4n) is 0.775. The molecule has 0 aromatic heterocycles. The van der Waals surface area contributed by atoms with Crippen molar-refractivity contribution in [3.05, 3.63) is 0 Å². The highest BCUT2D eigenvalue weighted by Crippen LogP contribution is 1.90. The zero-order valence-electron chi connectivity index (χ0n) is 10.6. The number of hydroxylamine groups is 2. The lowest BCUT2D eigenvalue weighted by Gasteiger charge is -2.09. The van der Waals surface area contributed by atoms with Gasteiger partial charge in [0.05, 0.1) is 0 Å². The van der Waals surface area contributed by atoms with E-state index >= 15 is 0 Å². The Hall–Kier alpha value is -0.650. The molecule has 5 heteroatoms. The van der Waals surface area contributed by atoms with Gasteiger partial charge in [-0.2, -0.15) is 0 Å². The van der Waals surface area contributed by atoms with Crippen molar-refractivity contribution in [2.45, 2.75) is 34.0 Å². The van der Waals surface area contributed by atoms with Crippen LogP contribution in [0.3, 0.4) is 0 Å². The van der Waals surface area contributed by atoms with Gasteiger partial charge in [-0.15, -0.1) is 5.06 Å². The topological polar surface area (TPSA) is 48.0 Å². The summed E-state index contributed by atoms with van der Waals surface area (Å²) in [5.41, 5.74) is 0. The molecular formula is C10H23NO4. The van der Waals surface area contributed by atoms with Crippen molar-refractivity contribution >= 4 is 5.97 Å². The van der Waals surface area contributed by atoms with E-state index in [1.54, 1.807) is 14.1 Å². The monoisotopic (exact) mass is 221 g/mol.